The smallest absolute Gasteiger partial charge is 0.134 e. The molecule has 15 heavy (non-hydrogen) atoms. The Bertz CT molecular complexity index is 461. The van der Waals surface area contributed by atoms with E-state index >= 15 is 0 Å². The van der Waals surface area contributed by atoms with E-state index in [1.165, 1.54) is 0 Å². The lowest BCUT2D eigenvalue weighted by atomic mass is 10.2. The van der Waals surface area contributed by atoms with Gasteiger partial charge in [-0.3, -0.25) is 0 Å². The summed E-state index contributed by atoms with van der Waals surface area (Å²) >= 11 is 3.31. The second-order valence-electron chi connectivity index (χ2n) is 2.94. The van der Waals surface area contributed by atoms with Crippen LogP contribution in [0.25, 0.3) is 0 Å². The van der Waals surface area contributed by atoms with Crippen molar-refractivity contribution in [1.29, 1.82) is 0 Å². The molecule has 0 saturated carbocycles. The molecule has 0 fully saturated rings. The first-order valence-electron chi connectivity index (χ1n) is 4.39. The van der Waals surface area contributed by atoms with Crippen molar-refractivity contribution in [2.75, 3.05) is 0 Å². The zero-order valence-electron chi connectivity index (χ0n) is 7.62. The Kier molecular flexibility index (Phi) is 2.12. The number of nitrogens with zero attached hydrogens (tertiary/aromatic N) is 3. The minimum atomic E-state index is 0.882. The molecule has 2 aromatic rings. The normalized spacial score (nSPS) is 14.7. The van der Waals surface area contributed by atoms with E-state index in [2.05, 4.69) is 15.7 Å². The van der Waals surface area contributed by atoms with Crippen LogP contribution >= 0.6 is 22.7 Å². The molecule has 2 aromatic heterocycles. The molecular formula is C10H6N3S2. The summed E-state index contributed by atoms with van der Waals surface area (Å²) < 4.78 is 0. The largest absolute Gasteiger partial charge is 0.142 e. The van der Waals surface area contributed by atoms with Gasteiger partial charge in [0.05, 0.1) is 9.75 Å². The molecule has 0 saturated heterocycles. The summed E-state index contributed by atoms with van der Waals surface area (Å²) in [6.07, 6.45) is 0. The third-order valence-electron chi connectivity index (χ3n) is 2.02. The number of thiophene rings is 2. The van der Waals surface area contributed by atoms with Gasteiger partial charge in [-0.2, -0.15) is 0 Å². The van der Waals surface area contributed by atoms with Crippen molar-refractivity contribution in [3.63, 3.8) is 0 Å². The summed E-state index contributed by atoms with van der Waals surface area (Å²) in [4.78, 5) is 2.23. The van der Waals surface area contributed by atoms with Crippen molar-refractivity contribution in [1.82, 2.24) is 5.53 Å². The molecule has 0 amide bonds. The summed E-state index contributed by atoms with van der Waals surface area (Å²) in [6.45, 7) is 0. The topological polar surface area (TPSA) is 38.8 Å². The molecule has 0 N–H and O–H groups in total. The van der Waals surface area contributed by atoms with Crippen molar-refractivity contribution in [3.8, 4) is 0 Å². The minimum Gasteiger partial charge on any atom is -0.142 e. The maximum Gasteiger partial charge on any atom is 0.134 e. The van der Waals surface area contributed by atoms with Gasteiger partial charge in [0.25, 0.3) is 0 Å². The van der Waals surface area contributed by atoms with Crippen LogP contribution in [0.1, 0.15) is 9.75 Å². The number of hydrogen-bond acceptors (Lipinski definition) is 4. The fourth-order valence-electron chi connectivity index (χ4n) is 1.37. The highest BCUT2D eigenvalue weighted by molar-refractivity contribution is 7.15. The quantitative estimate of drug-likeness (QED) is 0.763. The van der Waals surface area contributed by atoms with E-state index in [9.17, 15) is 0 Å². The van der Waals surface area contributed by atoms with Gasteiger partial charge in [0.2, 0.25) is 0 Å². The van der Waals surface area contributed by atoms with E-state index in [1.54, 1.807) is 22.7 Å². The van der Waals surface area contributed by atoms with Gasteiger partial charge in [-0.05, 0) is 28.4 Å². The summed E-state index contributed by atoms with van der Waals surface area (Å²) in [5.41, 5.74) is 5.51. The van der Waals surface area contributed by atoms with E-state index in [-0.39, 0.29) is 0 Å². The number of rotatable bonds is 2. The SMILES string of the molecule is c1csc(C2=N[N]N=C2c2cccs2)c1. The Morgan fingerprint density at radius 3 is 1.73 bits per heavy atom. The Morgan fingerprint density at radius 2 is 1.33 bits per heavy atom. The van der Waals surface area contributed by atoms with Gasteiger partial charge >= 0.3 is 0 Å². The molecule has 0 bridgehead atoms. The molecule has 0 aromatic carbocycles. The van der Waals surface area contributed by atoms with Gasteiger partial charge in [0.1, 0.15) is 11.4 Å². The summed E-state index contributed by atoms with van der Waals surface area (Å²) in [5, 5.41) is 12.2. The third-order valence-corrected chi connectivity index (χ3v) is 3.78. The highest BCUT2D eigenvalue weighted by Crippen LogP contribution is 2.19. The lowest BCUT2D eigenvalue weighted by Crippen LogP contribution is -2.10. The average molecular weight is 232 g/mol. The molecule has 0 aliphatic carbocycles. The molecule has 0 spiro atoms. The molecule has 3 nitrogen and oxygen atoms in total. The molecule has 73 valence electrons. The summed E-state index contributed by atoms with van der Waals surface area (Å²) in [7, 11) is 0. The van der Waals surface area contributed by atoms with Crippen LogP contribution in [0.5, 0.6) is 0 Å². The first-order chi connectivity index (χ1) is 7.45. The fourth-order valence-corrected chi connectivity index (χ4v) is 2.79. The molecule has 1 aliphatic rings. The molecule has 3 rings (SSSR count). The van der Waals surface area contributed by atoms with E-state index in [0.29, 0.717) is 0 Å². The third kappa shape index (κ3) is 1.49. The van der Waals surface area contributed by atoms with Crippen molar-refractivity contribution in [2.24, 2.45) is 10.2 Å². The van der Waals surface area contributed by atoms with E-state index in [1.807, 2.05) is 35.0 Å². The summed E-state index contributed by atoms with van der Waals surface area (Å²) in [6, 6.07) is 8.08. The van der Waals surface area contributed by atoms with Crippen LogP contribution in [0, 0.1) is 0 Å². The van der Waals surface area contributed by atoms with Crippen LogP contribution in [0.4, 0.5) is 0 Å². The molecule has 5 heteroatoms. The molecule has 1 radical (unpaired) electrons. The summed E-state index contributed by atoms with van der Waals surface area (Å²) in [5.74, 6) is 0. The lowest BCUT2D eigenvalue weighted by Gasteiger charge is -1.97. The van der Waals surface area contributed by atoms with E-state index < -0.39 is 0 Å². The van der Waals surface area contributed by atoms with Crippen LogP contribution in [-0.2, 0) is 0 Å². The second kappa shape index (κ2) is 3.60. The Hall–Kier alpha value is -1.46. The van der Waals surface area contributed by atoms with E-state index in [4.69, 9.17) is 0 Å². The van der Waals surface area contributed by atoms with Crippen molar-refractivity contribution < 1.29 is 0 Å². The van der Waals surface area contributed by atoms with Gasteiger partial charge in [-0.1, -0.05) is 12.1 Å². The van der Waals surface area contributed by atoms with Crippen molar-refractivity contribution >= 4 is 34.1 Å². The Morgan fingerprint density at radius 1 is 0.800 bits per heavy atom. The monoisotopic (exact) mass is 232 g/mol. The van der Waals surface area contributed by atoms with Gasteiger partial charge in [-0.15, -0.1) is 32.9 Å². The van der Waals surface area contributed by atoms with Crippen LogP contribution in [0.15, 0.2) is 45.2 Å². The van der Waals surface area contributed by atoms with Crippen molar-refractivity contribution in [2.45, 2.75) is 0 Å². The van der Waals surface area contributed by atoms with E-state index in [0.717, 1.165) is 21.2 Å². The second-order valence-corrected chi connectivity index (χ2v) is 4.84. The minimum absolute atomic E-state index is 0.882. The van der Waals surface area contributed by atoms with Crippen LogP contribution in [0.2, 0.25) is 0 Å². The zero-order valence-corrected chi connectivity index (χ0v) is 9.26. The molecule has 0 atom stereocenters. The first-order valence-corrected chi connectivity index (χ1v) is 6.15. The fraction of sp³-hybridized carbons (Fsp3) is 0. The predicted molar refractivity (Wildman–Crippen MR) is 63.8 cm³/mol. The van der Waals surface area contributed by atoms with Crippen LogP contribution in [-0.4, -0.2) is 11.4 Å². The maximum atomic E-state index is 4.07. The zero-order chi connectivity index (χ0) is 10.1. The predicted octanol–water partition coefficient (Wildman–Crippen LogP) is 2.54. The Labute approximate surface area is 94.8 Å². The lowest BCUT2D eigenvalue weighted by molar-refractivity contribution is 0.812. The van der Waals surface area contributed by atoms with Gasteiger partial charge < -0.3 is 0 Å². The highest BCUT2D eigenvalue weighted by Gasteiger charge is 2.20. The Balaban J connectivity index is 2.02. The van der Waals surface area contributed by atoms with Gasteiger partial charge in [-0.25, -0.2) is 0 Å². The van der Waals surface area contributed by atoms with Crippen molar-refractivity contribution in [3.05, 3.63) is 44.8 Å². The van der Waals surface area contributed by atoms with Crippen LogP contribution < -0.4 is 5.53 Å². The highest BCUT2D eigenvalue weighted by atomic mass is 32.1. The standard InChI is InChI=1S/C10H6N3S2/c1-3-7(14-5-1)9-10(12-13-11-9)8-4-2-6-15-8/h1-6H. The number of hydrogen-bond donors (Lipinski definition) is 0. The van der Waals surface area contributed by atoms with Crippen LogP contribution in [0.3, 0.4) is 0 Å². The molecule has 0 unspecified atom stereocenters. The van der Waals surface area contributed by atoms with Gasteiger partial charge in [0.15, 0.2) is 0 Å². The molecule has 1 aliphatic heterocycles. The molecule has 3 heterocycles. The average Bonchev–Trinajstić information content (AvgIpc) is 3.01. The van der Waals surface area contributed by atoms with Gasteiger partial charge in [0, 0.05) is 0 Å². The molecular weight excluding hydrogens is 226 g/mol. The first kappa shape index (κ1) is 8.82. The maximum absolute atomic E-state index is 4.07.